The second kappa shape index (κ2) is 3.20. The van der Waals surface area contributed by atoms with Crippen molar-refractivity contribution in [3.05, 3.63) is 18.0 Å². The van der Waals surface area contributed by atoms with Crippen LogP contribution < -0.4 is 5.73 Å². The maximum Gasteiger partial charge on any atom is 0.153 e. The number of aryl methyl sites for hydroxylation is 2. The molecule has 0 radical (unpaired) electrons. The number of ketones is 1. The van der Waals surface area contributed by atoms with E-state index in [1.54, 1.807) is 10.9 Å². The minimum atomic E-state index is -0.474. The monoisotopic (exact) mass is 193 g/mol. The van der Waals surface area contributed by atoms with Crippen molar-refractivity contribution in [1.82, 2.24) is 9.78 Å². The molecule has 1 saturated carbocycles. The van der Waals surface area contributed by atoms with E-state index in [4.69, 9.17) is 5.73 Å². The number of nitrogens with two attached hydrogens (primary N) is 1. The summed E-state index contributed by atoms with van der Waals surface area (Å²) in [5, 5.41) is 4.05. The molecule has 4 nitrogen and oxygen atoms in total. The van der Waals surface area contributed by atoms with E-state index < -0.39 is 5.54 Å². The molecule has 0 unspecified atom stereocenters. The number of hydrogen-bond donors (Lipinski definition) is 1. The minimum Gasteiger partial charge on any atom is -0.319 e. The van der Waals surface area contributed by atoms with Crippen molar-refractivity contribution in [1.29, 1.82) is 0 Å². The summed E-state index contributed by atoms with van der Waals surface area (Å²) in [4.78, 5) is 11.6. The summed E-state index contributed by atoms with van der Waals surface area (Å²) in [6.07, 6.45) is 4.74. The van der Waals surface area contributed by atoms with Gasteiger partial charge in [0, 0.05) is 25.4 Å². The number of carbonyl (C=O) groups is 1. The quantitative estimate of drug-likeness (QED) is 0.753. The first-order chi connectivity index (χ1) is 6.62. The number of hydrogen-bond acceptors (Lipinski definition) is 3. The fourth-order valence-electron chi connectivity index (χ4n) is 1.55. The van der Waals surface area contributed by atoms with Crippen molar-refractivity contribution < 1.29 is 4.79 Å². The summed E-state index contributed by atoms with van der Waals surface area (Å²) in [7, 11) is 1.88. The molecule has 0 aliphatic heterocycles. The average molecular weight is 193 g/mol. The van der Waals surface area contributed by atoms with Crippen LogP contribution in [0.2, 0.25) is 0 Å². The Labute approximate surface area is 83.1 Å². The fourth-order valence-corrected chi connectivity index (χ4v) is 1.55. The molecule has 1 aliphatic rings. The van der Waals surface area contributed by atoms with Gasteiger partial charge in [0.25, 0.3) is 0 Å². The van der Waals surface area contributed by atoms with Gasteiger partial charge in [-0.25, -0.2) is 0 Å². The molecule has 76 valence electrons. The molecule has 0 amide bonds. The van der Waals surface area contributed by atoms with Crippen LogP contribution in [0.4, 0.5) is 0 Å². The van der Waals surface area contributed by atoms with Crippen LogP contribution in [0.25, 0.3) is 0 Å². The molecule has 1 heterocycles. The molecule has 1 fully saturated rings. The van der Waals surface area contributed by atoms with Gasteiger partial charge >= 0.3 is 0 Å². The highest BCUT2D eigenvalue weighted by Crippen LogP contribution is 2.34. The Kier molecular flexibility index (Phi) is 2.15. The van der Waals surface area contributed by atoms with Gasteiger partial charge in [0.15, 0.2) is 5.78 Å². The predicted molar refractivity (Wildman–Crippen MR) is 52.7 cm³/mol. The van der Waals surface area contributed by atoms with E-state index >= 15 is 0 Å². The van der Waals surface area contributed by atoms with Crippen LogP contribution in [0, 0.1) is 0 Å². The van der Waals surface area contributed by atoms with E-state index in [0.717, 1.165) is 25.0 Å². The molecule has 0 aromatic carbocycles. The van der Waals surface area contributed by atoms with Crippen molar-refractivity contribution in [3.63, 3.8) is 0 Å². The fraction of sp³-hybridized carbons (Fsp3) is 0.600. The average Bonchev–Trinajstić information content (AvgIpc) is 2.77. The molecule has 14 heavy (non-hydrogen) atoms. The molecule has 0 bridgehead atoms. The van der Waals surface area contributed by atoms with Crippen molar-refractivity contribution >= 4 is 5.78 Å². The molecule has 0 saturated heterocycles. The van der Waals surface area contributed by atoms with Crippen LogP contribution in [0.5, 0.6) is 0 Å². The standard InChI is InChI=1S/C10H15N3O/c1-13-8(4-7-12-13)2-3-9(14)10(11)5-6-10/h4,7H,2-3,5-6,11H2,1H3. The molecule has 0 atom stereocenters. The Morgan fingerprint density at radius 3 is 2.93 bits per heavy atom. The zero-order valence-corrected chi connectivity index (χ0v) is 8.36. The van der Waals surface area contributed by atoms with E-state index in [9.17, 15) is 4.79 Å². The predicted octanol–water partition coefficient (Wildman–Crippen LogP) is 0.413. The van der Waals surface area contributed by atoms with Gasteiger partial charge in [-0.1, -0.05) is 0 Å². The molecular weight excluding hydrogens is 178 g/mol. The SMILES string of the molecule is Cn1nccc1CCC(=O)C1(N)CC1. The molecule has 1 aromatic rings. The molecular formula is C10H15N3O. The van der Waals surface area contributed by atoms with Crippen molar-refractivity contribution in [2.75, 3.05) is 0 Å². The lowest BCUT2D eigenvalue weighted by atomic mass is 10.1. The highest BCUT2D eigenvalue weighted by atomic mass is 16.1. The summed E-state index contributed by atoms with van der Waals surface area (Å²) in [5.41, 5.74) is 6.41. The maximum atomic E-state index is 11.6. The van der Waals surface area contributed by atoms with Crippen LogP contribution in [-0.2, 0) is 18.3 Å². The second-order valence-corrected chi connectivity index (χ2v) is 4.03. The Morgan fingerprint density at radius 1 is 1.71 bits per heavy atom. The van der Waals surface area contributed by atoms with E-state index in [0.29, 0.717) is 6.42 Å². The van der Waals surface area contributed by atoms with Crippen LogP contribution in [-0.4, -0.2) is 21.1 Å². The van der Waals surface area contributed by atoms with Crippen LogP contribution in [0.1, 0.15) is 25.0 Å². The third-order valence-corrected chi connectivity index (χ3v) is 2.87. The van der Waals surface area contributed by atoms with E-state index in [2.05, 4.69) is 5.10 Å². The third kappa shape index (κ3) is 1.70. The summed E-state index contributed by atoms with van der Waals surface area (Å²) in [6, 6.07) is 1.93. The van der Waals surface area contributed by atoms with Crippen molar-refractivity contribution in [2.24, 2.45) is 12.8 Å². The first-order valence-corrected chi connectivity index (χ1v) is 4.91. The second-order valence-electron chi connectivity index (χ2n) is 4.03. The smallest absolute Gasteiger partial charge is 0.153 e. The van der Waals surface area contributed by atoms with Crippen molar-refractivity contribution in [2.45, 2.75) is 31.2 Å². The Morgan fingerprint density at radius 2 is 2.43 bits per heavy atom. The summed E-state index contributed by atoms with van der Waals surface area (Å²) >= 11 is 0. The highest BCUT2D eigenvalue weighted by molar-refractivity contribution is 5.91. The van der Waals surface area contributed by atoms with E-state index in [1.165, 1.54) is 0 Å². The molecule has 4 heteroatoms. The van der Waals surface area contributed by atoms with Gasteiger partial charge in [-0.05, 0) is 25.3 Å². The largest absolute Gasteiger partial charge is 0.319 e. The first kappa shape index (κ1) is 9.40. The zero-order chi connectivity index (χ0) is 10.2. The molecule has 1 aromatic heterocycles. The van der Waals surface area contributed by atoms with Gasteiger partial charge in [0.1, 0.15) is 0 Å². The number of aromatic nitrogens is 2. The minimum absolute atomic E-state index is 0.193. The first-order valence-electron chi connectivity index (χ1n) is 4.91. The lowest BCUT2D eigenvalue weighted by Crippen LogP contribution is -2.32. The van der Waals surface area contributed by atoms with Crippen molar-refractivity contribution in [3.8, 4) is 0 Å². The number of rotatable bonds is 4. The maximum absolute atomic E-state index is 11.6. The normalized spacial score (nSPS) is 18.1. The number of Topliss-reactive ketones (excluding diaryl/α,β-unsaturated/α-hetero) is 1. The lowest BCUT2D eigenvalue weighted by molar-refractivity contribution is -0.121. The summed E-state index contributed by atoms with van der Waals surface area (Å²) < 4.78 is 1.80. The molecule has 2 N–H and O–H groups in total. The molecule has 1 aliphatic carbocycles. The number of carbonyl (C=O) groups excluding carboxylic acids is 1. The number of nitrogens with zero attached hydrogens (tertiary/aromatic N) is 2. The van der Waals surface area contributed by atoms with Crippen LogP contribution in [0.15, 0.2) is 12.3 Å². The highest BCUT2D eigenvalue weighted by Gasteiger charge is 2.44. The Hall–Kier alpha value is -1.16. The lowest BCUT2D eigenvalue weighted by Gasteiger charge is -2.06. The summed E-state index contributed by atoms with van der Waals surface area (Å²) in [5.74, 6) is 0.193. The summed E-state index contributed by atoms with van der Waals surface area (Å²) in [6.45, 7) is 0. The Balaban J connectivity index is 1.89. The molecule has 0 spiro atoms. The van der Waals surface area contributed by atoms with Gasteiger partial charge in [-0.15, -0.1) is 0 Å². The van der Waals surface area contributed by atoms with Crippen LogP contribution >= 0.6 is 0 Å². The van der Waals surface area contributed by atoms with Gasteiger partial charge < -0.3 is 5.73 Å². The van der Waals surface area contributed by atoms with Gasteiger partial charge in [0.05, 0.1) is 5.54 Å². The van der Waals surface area contributed by atoms with Gasteiger partial charge in [-0.3, -0.25) is 9.48 Å². The van der Waals surface area contributed by atoms with E-state index in [-0.39, 0.29) is 5.78 Å². The Bertz CT molecular complexity index is 352. The topological polar surface area (TPSA) is 60.9 Å². The van der Waals surface area contributed by atoms with Gasteiger partial charge in [0.2, 0.25) is 0 Å². The van der Waals surface area contributed by atoms with Crippen LogP contribution in [0.3, 0.4) is 0 Å². The zero-order valence-electron chi connectivity index (χ0n) is 8.36. The van der Waals surface area contributed by atoms with Gasteiger partial charge in [-0.2, -0.15) is 5.10 Å². The van der Waals surface area contributed by atoms with E-state index in [1.807, 2.05) is 13.1 Å². The molecule has 2 rings (SSSR count). The third-order valence-electron chi connectivity index (χ3n) is 2.87.